The summed E-state index contributed by atoms with van der Waals surface area (Å²) in [7, 11) is 3.38. The second kappa shape index (κ2) is 8.71. The third kappa shape index (κ3) is 4.19. The Kier molecular flexibility index (Phi) is 6.03. The number of hydrogen-bond donors (Lipinski definition) is 0. The Balaban J connectivity index is 1.50. The number of fused-ring (bicyclic) bond motifs is 1. The van der Waals surface area contributed by atoms with Crippen molar-refractivity contribution in [3.63, 3.8) is 0 Å². The average molecular weight is 460 g/mol. The van der Waals surface area contributed by atoms with E-state index in [1.807, 2.05) is 22.9 Å². The summed E-state index contributed by atoms with van der Waals surface area (Å²) in [6.45, 7) is 0.389. The number of aromatic nitrogens is 2. The summed E-state index contributed by atoms with van der Waals surface area (Å²) in [6.07, 6.45) is 0. The van der Waals surface area contributed by atoms with Crippen molar-refractivity contribution in [2.45, 2.75) is 11.7 Å². The largest absolute Gasteiger partial charge is 0.341 e. The first-order valence-corrected chi connectivity index (χ1v) is 11.8. The van der Waals surface area contributed by atoms with Crippen LogP contribution in [-0.2, 0) is 18.4 Å². The third-order valence-electron chi connectivity index (χ3n) is 4.64. The summed E-state index contributed by atoms with van der Waals surface area (Å²) < 4.78 is 14.5. The predicted octanol–water partition coefficient (Wildman–Crippen LogP) is 4.61. The van der Waals surface area contributed by atoms with E-state index in [1.165, 1.54) is 39.8 Å². The number of carbonyl (C=O) groups excluding carboxylic acids is 1. The van der Waals surface area contributed by atoms with Crippen LogP contribution in [0.15, 0.2) is 57.1 Å². The van der Waals surface area contributed by atoms with Crippen molar-refractivity contribution in [2.75, 3.05) is 12.8 Å². The molecule has 0 spiro atoms. The van der Waals surface area contributed by atoms with E-state index in [0.717, 1.165) is 16.0 Å². The average Bonchev–Trinajstić information content (AvgIpc) is 3.40. The van der Waals surface area contributed by atoms with E-state index in [-0.39, 0.29) is 23.0 Å². The standard InChI is InChI=1S/C21H18FN3O2S3/c1-24(10-13-5-7-14(22)8-6-13)17(26)12-30-21-23-19-18(20(27)25(21)2)15(11-29-19)16-4-3-9-28-16/h3-9,11H,10,12H2,1-2H3. The molecule has 9 heteroatoms. The molecule has 5 nitrogen and oxygen atoms in total. The van der Waals surface area contributed by atoms with Crippen LogP contribution >= 0.6 is 34.4 Å². The number of amides is 1. The van der Waals surface area contributed by atoms with Crippen molar-refractivity contribution < 1.29 is 9.18 Å². The van der Waals surface area contributed by atoms with Crippen LogP contribution in [0.5, 0.6) is 0 Å². The lowest BCUT2D eigenvalue weighted by Crippen LogP contribution is -2.28. The summed E-state index contributed by atoms with van der Waals surface area (Å²) >= 11 is 4.27. The first-order chi connectivity index (χ1) is 14.4. The molecule has 0 N–H and O–H groups in total. The molecular formula is C21H18FN3O2S3. The van der Waals surface area contributed by atoms with Crippen LogP contribution < -0.4 is 5.56 Å². The van der Waals surface area contributed by atoms with Crippen molar-refractivity contribution in [1.29, 1.82) is 0 Å². The van der Waals surface area contributed by atoms with Gasteiger partial charge in [0.1, 0.15) is 10.6 Å². The monoisotopic (exact) mass is 459 g/mol. The van der Waals surface area contributed by atoms with Gasteiger partial charge >= 0.3 is 0 Å². The van der Waals surface area contributed by atoms with Crippen molar-refractivity contribution in [2.24, 2.45) is 7.05 Å². The van der Waals surface area contributed by atoms with E-state index in [0.29, 0.717) is 21.9 Å². The SMILES string of the molecule is CN(Cc1ccc(F)cc1)C(=O)CSc1nc2scc(-c3cccs3)c2c(=O)n1C. The number of hydrogen-bond acceptors (Lipinski definition) is 6. The zero-order valence-corrected chi connectivity index (χ0v) is 18.7. The molecule has 3 heterocycles. The molecule has 0 radical (unpaired) electrons. The van der Waals surface area contributed by atoms with Gasteiger partial charge in [-0.15, -0.1) is 22.7 Å². The third-order valence-corrected chi connectivity index (χ3v) is 7.43. The Morgan fingerprint density at radius 1 is 1.23 bits per heavy atom. The Morgan fingerprint density at radius 3 is 2.70 bits per heavy atom. The second-order valence-corrected chi connectivity index (χ2v) is 9.48. The van der Waals surface area contributed by atoms with Crippen molar-refractivity contribution in [1.82, 2.24) is 14.5 Å². The predicted molar refractivity (Wildman–Crippen MR) is 122 cm³/mol. The van der Waals surface area contributed by atoms with Gasteiger partial charge < -0.3 is 4.90 Å². The molecule has 0 atom stereocenters. The Hall–Kier alpha value is -2.49. The van der Waals surface area contributed by atoms with Crippen LogP contribution in [0.3, 0.4) is 0 Å². The van der Waals surface area contributed by atoms with Crippen molar-refractivity contribution in [3.05, 3.63) is 68.9 Å². The fourth-order valence-electron chi connectivity index (χ4n) is 2.98. The molecule has 0 aliphatic carbocycles. The molecule has 0 fully saturated rings. The summed E-state index contributed by atoms with van der Waals surface area (Å²) in [5.74, 6) is -0.238. The van der Waals surface area contributed by atoms with Gasteiger partial charge in [-0.2, -0.15) is 0 Å². The number of thioether (sulfide) groups is 1. The van der Waals surface area contributed by atoms with Gasteiger partial charge in [-0.25, -0.2) is 9.37 Å². The van der Waals surface area contributed by atoms with Crippen molar-refractivity contribution >= 4 is 50.6 Å². The lowest BCUT2D eigenvalue weighted by molar-refractivity contribution is -0.127. The lowest BCUT2D eigenvalue weighted by Gasteiger charge is -2.17. The van der Waals surface area contributed by atoms with Crippen LogP contribution in [0.25, 0.3) is 20.7 Å². The summed E-state index contributed by atoms with van der Waals surface area (Å²) in [4.78, 5) is 33.4. The molecule has 4 rings (SSSR count). The highest BCUT2D eigenvalue weighted by Gasteiger charge is 2.18. The normalized spacial score (nSPS) is 11.2. The van der Waals surface area contributed by atoms with Crippen LogP contribution in [0.4, 0.5) is 4.39 Å². The van der Waals surface area contributed by atoms with Gasteiger partial charge in [-0.05, 0) is 29.1 Å². The Labute approximate surface area is 184 Å². The van der Waals surface area contributed by atoms with Crippen LogP contribution in [0.2, 0.25) is 0 Å². The minimum absolute atomic E-state index is 0.0934. The summed E-state index contributed by atoms with van der Waals surface area (Å²) in [5.41, 5.74) is 1.65. The van der Waals surface area contributed by atoms with Gasteiger partial charge in [-0.1, -0.05) is 30.0 Å². The maximum absolute atomic E-state index is 13.0. The highest BCUT2D eigenvalue weighted by Crippen LogP contribution is 2.34. The van der Waals surface area contributed by atoms with Gasteiger partial charge in [-0.3, -0.25) is 14.2 Å². The Bertz CT molecular complexity index is 1250. The fourth-order valence-corrected chi connectivity index (χ4v) is 5.70. The first kappa shape index (κ1) is 20.8. The van der Waals surface area contributed by atoms with Gasteiger partial charge in [0.25, 0.3) is 5.56 Å². The minimum Gasteiger partial charge on any atom is -0.341 e. The van der Waals surface area contributed by atoms with Crippen molar-refractivity contribution in [3.8, 4) is 10.4 Å². The van der Waals surface area contributed by atoms with Gasteiger partial charge in [0.05, 0.1) is 11.1 Å². The van der Waals surface area contributed by atoms with Gasteiger partial charge in [0.2, 0.25) is 5.91 Å². The molecule has 1 amide bonds. The van der Waals surface area contributed by atoms with Crippen LogP contribution in [0, 0.1) is 5.82 Å². The number of carbonyl (C=O) groups is 1. The number of rotatable bonds is 6. The number of benzene rings is 1. The minimum atomic E-state index is -0.304. The molecule has 30 heavy (non-hydrogen) atoms. The zero-order chi connectivity index (χ0) is 21.3. The molecule has 154 valence electrons. The molecule has 0 bridgehead atoms. The maximum Gasteiger partial charge on any atom is 0.263 e. The van der Waals surface area contributed by atoms with E-state index in [1.54, 1.807) is 42.5 Å². The molecule has 0 aliphatic heterocycles. The zero-order valence-electron chi connectivity index (χ0n) is 16.3. The molecule has 4 aromatic rings. The fraction of sp³-hybridized carbons (Fsp3) is 0.190. The number of halogens is 1. The van der Waals surface area contributed by atoms with E-state index >= 15 is 0 Å². The molecule has 0 unspecified atom stereocenters. The highest BCUT2D eigenvalue weighted by molar-refractivity contribution is 7.99. The molecule has 1 aromatic carbocycles. The van der Waals surface area contributed by atoms with E-state index in [9.17, 15) is 14.0 Å². The number of nitrogens with zero attached hydrogens (tertiary/aromatic N) is 3. The molecule has 0 saturated heterocycles. The van der Waals surface area contributed by atoms with E-state index < -0.39 is 0 Å². The van der Waals surface area contributed by atoms with E-state index in [2.05, 4.69) is 4.98 Å². The molecular weight excluding hydrogens is 441 g/mol. The number of thiophene rings is 2. The van der Waals surface area contributed by atoms with E-state index in [4.69, 9.17) is 0 Å². The van der Waals surface area contributed by atoms with Gasteiger partial charge in [0.15, 0.2) is 5.16 Å². The smallest absolute Gasteiger partial charge is 0.263 e. The molecule has 0 aliphatic rings. The molecule has 0 saturated carbocycles. The highest BCUT2D eigenvalue weighted by atomic mass is 32.2. The molecule has 3 aromatic heterocycles. The Morgan fingerprint density at radius 2 is 2.00 bits per heavy atom. The summed E-state index contributed by atoms with van der Waals surface area (Å²) in [5, 5.41) is 5.07. The second-order valence-electron chi connectivity index (χ2n) is 6.73. The van der Waals surface area contributed by atoms with Gasteiger partial charge in [0, 0.05) is 36.5 Å². The van der Waals surface area contributed by atoms with Crippen LogP contribution in [0.1, 0.15) is 5.56 Å². The topological polar surface area (TPSA) is 55.2 Å². The first-order valence-electron chi connectivity index (χ1n) is 9.07. The quantitative estimate of drug-likeness (QED) is 0.312. The lowest BCUT2D eigenvalue weighted by atomic mass is 10.2. The van der Waals surface area contributed by atoms with Crippen LogP contribution in [-0.4, -0.2) is 33.2 Å². The maximum atomic E-state index is 13.0. The summed E-state index contributed by atoms with van der Waals surface area (Å²) in [6, 6.07) is 10.0.